The third-order valence-electron chi connectivity index (χ3n) is 1.43. The zero-order chi connectivity index (χ0) is 9.14. The molecule has 0 unspecified atom stereocenters. The number of carboxylic acids is 1. The summed E-state index contributed by atoms with van der Waals surface area (Å²) in [7, 11) is 0. The van der Waals surface area contributed by atoms with Crippen molar-refractivity contribution in [3.05, 3.63) is 29.3 Å². The zero-order valence-electron chi connectivity index (χ0n) is 6.54. The molecule has 0 radical (unpaired) electrons. The minimum Gasteiger partial charge on any atom is -0.481 e. The topological polar surface area (TPSA) is 50.2 Å². The summed E-state index contributed by atoms with van der Waals surface area (Å²) in [5.41, 5.74) is 0.662. The van der Waals surface area contributed by atoms with Crippen molar-refractivity contribution >= 4 is 5.97 Å². The maximum atomic E-state index is 12.8. The predicted octanol–water partition coefficient (Wildman–Crippen LogP) is 1.16. The molecule has 64 valence electrons. The highest BCUT2D eigenvalue weighted by molar-refractivity contribution is 5.69. The highest BCUT2D eigenvalue weighted by Crippen LogP contribution is 2.05. The summed E-state index contributed by atoms with van der Waals surface area (Å²) in [5, 5.41) is 8.36. The van der Waals surface area contributed by atoms with Crippen LogP contribution < -0.4 is 0 Å². The summed E-state index contributed by atoms with van der Waals surface area (Å²) in [4.78, 5) is 14.0. The van der Waals surface area contributed by atoms with Crippen molar-refractivity contribution in [3.8, 4) is 0 Å². The number of rotatable bonds is 2. The number of aryl methyl sites for hydroxylation is 1. The Kier molecular flexibility index (Phi) is 2.38. The Morgan fingerprint density at radius 3 is 2.92 bits per heavy atom. The fourth-order valence-corrected chi connectivity index (χ4v) is 0.790. The second-order valence-electron chi connectivity index (χ2n) is 2.50. The lowest BCUT2D eigenvalue weighted by Gasteiger charge is -1.98. The highest BCUT2D eigenvalue weighted by Gasteiger charge is 2.04. The molecule has 0 aliphatic carbocycles. The molecule has 1 N–H and O–H groups in total. The van der Waals surface area contributed by atoms with E-state index in [1.807, 2.05) is 0 Å². The van der Waals surface area contributed by atoms with Gasteiger partial charge in [0.1, 0.15) is 5.82 Å². The summed E-state index contributed by atoms with van der Waals surface area (Å²) < 4.78 is 12.8. The third-order valence-corrected chi connectivity index (χ3v) is 1.43. The average Bonchev–Trinajstić information content (AvgIpc) is 1.96. The Hall–Kier alpha value is -1.45. The van der Waals surface area contributed by atoms with E-state index in [2.05, 4.69) is 4.98 Å². The number of carboxylic acid groups (broad SMARTS) is 1. The molecule has 0 spiro atoms. The lowest BCUT2D eigenvalue weighted by atomic mass is 10.2. The number of hydrogen-bond acceptors (Lipinski definition) is 2. The summed E-state index contributed by atoms with van der Waals surface area (Å²) in [6.07, 6.45) is 1.09. The van der Waals surface area contributed by atoms with Crippen LogP contribution in [0.3, 0.4) is 0 Å². The number of carbonyl (C=O) groups is 1. The number of hydrogen-bond donors (Lipinski definition) is 1. The lowest BCUT2D eigenvalue weighted by Crippen LogP contribution is -2.03. The molecular weight excluding hydrogens is 161 g/mol. The molecule has 0 atom stereocenters. The van der Waals surface area contributed by atoms with Crippen molar-refractivity contribution in [3.63, 3.8) is 0 Å². The smallest absolute Gasteiger partial charge is 0.309 e. The van der Waals surface area contributed by atoms with Crippen LogP contribution in [0.4, 0.5) is 4.39 Å². The van der Waals surface area contributed by atoms with Crippen molar-refractivity contribution in [2.24, 2.45) is 0 Å². The molecule has 3 nitrogen and oxygen atoms in total. The van der Waals surface area contributed by atoms with Crippen molar-refractivity contribution in [2.75, 3.05) is 0 Å². The van der Waals surface area contributed by atoms with Crippen molar-refractivity contribution < 1.29 is 14.3 Å². The fraction of sp³-hybridized carbons (Fsp3) is 0.250. The van der Waals surface area contributed by atoms with Crippen LogP contribution >= 0.6 is 0 Å². The number of aromatic nitrogens is 1. The second kappa shape index (κ2) is 3.30. The Morgan fingerprint density at radius 2 is 2.42 bits per heavy atom. The molecule has 1 aromatic heterocycles. The van der Waals surface area contributed by atoms with E-state index in [1.165, 1.54) is 6.20 Å². The Balaban J connectivity index is 2.89. The lowest BCUT2D eigenvalue weighted by molar-refractivity contribution is -0.136. The van der Waals surface area contributed by atoms with Crippen LogP contribution in [-0.4, -0.2) is 16.1 Å². The van der Waals surface area contributed by atoms with Gasteiger partial charge in [-0.1, -0.05) is 0 Å². The van der Waals surface area contributed by atoms with Crippen LogP contribution in [0.25, 0.3) is 0 Å². The molecule has 0 aromatic carbocycles. The third kappa shape index (κ3) is 2.02. The van der Waals surface area contributed by atoms with Gasteiger partial charge in [0, 0.05) is 11.8 Å². The van der Waals surface area contributed by atoms with E-state index in [0.29, 0.717) is 5.56 Å². The summed E-state index contributed by atoms with van der Waals surface area (Å²) in [6, 6.07) is 1.14. The van der Waals surface area contributed by atoms with Crippen LogP contribution in [0, 0.1) is 12.7 Å². The van der Waals surface area contributed by atoms with Crippen LogP contribution in [0.15, 0.2) is 12.3 Å². The molecule has 1 rings (SSSR count). The first-order valence-corrected chi connectivity index (χ1v) is 3.42. The van der Waals surface area contributed by atoms with Gasteiger partial charge in [-0.3, -0.25) is 9.78 Å². The summed E-state index contributed by atoms with van der Waals surface area (Å²) >= 11 is 0. The monoisotopic (exact) mass is 169 g/mol. The van der Waals surface area contributed by atoms with Gasteiger partial charge in [-0.2, -0.15) is 0 Å². The van der Waals surface area contributed by atoms with Gasteiger partial charge in [-0.25, -0.2) is 4.39 Å². The van der Waals surface area contributed by atoms with Gasteiger partial charge in [-0.05, 0) is 13.0 Å². The Morgan fingerprint density at radius 1 is 1.75 bits per heavy atom. The molecule has 0 fully saturated rings. The van der Waals surface area contributed by atoms with E-state index in [1.54, 1.807) is 6.92 Å². The minimum absolute atomic E-state index is 0.239. The Bertz CT molecular complexity index is 312. The van der Waals surface area contributed by atoms with Gasteiger partial charge in [0.05, 0.1) is 12.1 Å². The average molecular weight is 169 g/mol. The molecule has 0 aliphatic rings. The van der Waals surface area contributed by atoms with Crippen LogP contribution in [0.2, 0.25) is 0 Å². The van der Waals surface area contributed by atoms with E-state index >= 15 is 0 Å². The van der Waals surface area contributed by atoms with Crippen molar-refractivity contribution in [2.45, 2.75) is 13.3 Å². The first-order chi connectivity index (χ1) is 5.59. The predicted molar refractivity (Wildman–Crippen MR) is 40.3 cm³/mol. The zero-order valence-corrected chi connectivity index (χ0v) is 6.54. The van der Waals surface area contributed by atoms with Crippen molar-refractivity contribution in [1.29, 1.82) is 0 Å². The molecule has 0 saturated heterocycles. The highest BCUT2D eigenvalue weighted by atomic mass is 19.1. The molecular formula is C8H8FNO2. The number of nitrogens with zero attached hydrogens (tertiary/aromatic N) is 1. The molecule has 0 saturated carbocycles. The summed E-state index contributed by atoms with van der Waals surface area (Å²) in [6.45, 7) is 1.58. The second-order valence-corrected chi connectivity index (χ2v) is 2.50. The van der Waals surface area contributed by atoms with Gasteiger partial charge < -0.3 is 5.11 Å². The molecule has 1 aromatic rings. The number of halogens is 1. The molecule has 0 bridgehead atoms. The van der Waals surface area contributed by atoms with E-state index < -0.39 is 11.8 Å². The van der Waals surface area contributed by atoms with Crippen LogP contribution in [0.1, 0.15) is 11.3 Å². The maximum absolute atomic E-state index is 12.8. The van der Waals surface area contributed by atoms with Gasteiger partial charge in [-0.15, -0.1) is 0 Å². The van der Waals surface area contributed by atoms with Gasteiger partial charge in [0.2, 0.25) is 0 Å². The van der Waals surface area contributed by atoms with Gasteiger partial charge >= 0.3 is 5.97 Å². The number of pyridine rings is 1. The van der Waals surface area contributed by atoms with Crippen LogP contribution in [-0.2, 0) is 11.2 Å². The first-order valence-electron chi connectivity index (χ1n) is 3.42. The summed E-state index contributed by atoms with van der Waals surface area (Å²) in [5.74, 6) is -1.42. The van der Waals surface area contributed by atoms with E-state index in [9.17, 15) is 9.18 Å². The molecule has 0 aliphatic heterocycles. The quantitative estimate of drug-likeness (QED) is 0.722. The molecule has 12 heavy (non-hydrogen) atoms. The fourth-order valence-electron chi connectivity index (χ4n) is 0.790. The van der Waals surface area contributed by atoms with E-state index in [4.69, 9.17) is 5.11 Å². The minimum atomic E-state index is -1.01. The Labute approximate surface area is 68.9 Å². The largest absolute Gasteiger partial charge is 0.481 e. The molecule has 0 amide bonds. The first kappa shape index (κ1) is 8.64. The standard InChI is InChI=1S/C8H8FNO2/c1-5-4-10-6(2-7(5)9)3-8(11)12/h2,4H,3H2,1H3,(H,11,12). The van der Waals surface area contributed by atoms with Gasteiger partial charge in [0.25, 0.3) is 0 Å². The normalized spacial score (nSPS) is 9.83. The van der Waals surface area contributed by atoms with Crippen LogP contribution in [0.5, 0.6) is 0 Å². The number of aliphatic carboxylic acids is 1. The van der Waals surface area contributed by atoms with Gasteiger partial charge in [0.15, 0.2) is 0 Å². The van der Waals surface area contributed by atoms with E-state index in [-0.39, 0.29) is 12.1 Å². The maximum Gasteiger partial charge on any atom is 0.309 e. The SMILES string of the molecule is Cc1cnc(CC(=O)O)cc1F. The van der Waals surface area contributed by atoms with E-state index in [0.717, 1.165) is 6.07 Å². The molecule has 4 heteroatoms. The molecule has 1 heterocycles. The van der Waals surface area contributed by atoms with Crippen molar-refractivity contribution in [1.82, 2.24) is 4.98 Å².